The number of hydrogen-bond donors (Lipinski definition) is 1. The highest BCUT2D eigenvalue weighted by atomic mass is 35.5. The summed E-state index contributed by atoms with van der Waals surface area (Å²) in [6, 6.07) is 25.2. The molecule has 8 heteroatoms. The number of nitrogens with one attached hydrogen (secondary N) is 1. The Balaban J connectivity index is 1.40. The minimum atomic E-state index is -0.984. The third-order valence-corrected chi connectivity index (χ3v) is 5.23. The highest BCUT2D eigenvalue weighted by molar-refractivity contribution is 6.30. The van der Waals surface area contributed by atoms with Gasteiger partial charge in [-0.25, -0.2) is 9.48 Å². The van der Waals surface area contributed by atoms with E-state index in [1.54, 1.807) is 43.3 Å². The van der Waals surface area contributed by atoms with Gasteiger partial charge in [0.2, 0.25) is 11.1 Å². The zero-order chi connectivity index (χ0) is 24.1. The first-order chi connectivity index (χ1) is 16.4. The minimum Gasteiger partial charge on any atom is -0.451 e. The Labute approximate surface area is 200 Å². The summed E-state index contributed by atoms with van der Waals surface area (Å²) >= 11 is 5.92. The Morgan fingerprint density at radius 3 is 2.26 bits per heavy atom. The van der Waals surface area contributed by atoms with Gasteiger partial charge in [0, 0.05) is 22.5 Å². The maximum absolute atomic E-state index is 12.5. The van der Waals surface area contributed by atoms with Gasteiger partial charge in [0.25, 0.3) is 5.91 Å². The third kappa shape index (κ3) is 5.39. The molecule has 0 aliphatic carbocycles. The van der Waals surface area contributed by atoms with Crippen molar-refractivity contribution in [1.29, 1.82) is 0 Å². The molecule has 170 valence electrons. The summed E-state index contributed by atoms with van der Waals surface area (Å²) in [5.74, 6) is -1.52. The lowest BCUT2D eigenvalue weighted by Crippen LogP contribution is -2.27. The van der Waals surface area contributed by atoms with Gasteiger partial charge in [0.15, 0.2) is 6.61 Å². The normalized spacial score (nSPS) is 10.5. The van der Waals surface area contributed by atoms with Crippen molar-refractivity contribution in [3.8, 4) is 16.8 Å². The highest BCUT2D eigenvalue weighted by Crippen LogP contribution is 2.21. The van der Waals surface area contributed by atoms with Crippen molar-refractivity contribution in [2.24, 2.45) is 0 Å². The van der Waals surface area contributed by atoms with E-state index in [1.807, 2.05) is 42.5 Å². The Morgan fingerprint density at radius 2 is 1.59 bits per heavy atom. The van der Waals surface area contributed by atoms with Gasteiger partial charge in [-0.2, -0.15) is 5.10 Å². The molecule has 0 saturated heterocycles. The predicted molar refractivity (Wildman–Crippen MR) is 130 cm³/mol. The van der Waals surface area contributed by atoms with Gasteiger partial charge in [-0.3, -0.25) is 9.59 Å². The number of ether oxygens (including phenoxy) is 1. The number of aryl methyl sites for hydroxylation is 1. The van der Waals surface area contributed by atoms with Crippen LogP contribution in [0.5, 0.6) is 0 Å². The molecular weight excluding hydrogens is 454 g/mol. The molecule has 0 aliphatic rings. The van der Waals surface area contributed by atoms with Crippen LogP contribution in [0.15, 0.2) is 89.7 Å². The van der Waals surface area contributed by atoms with Gasteiger partial charge in [0.05, 0.1) is 5.69 Å². The van der Waals surface area contributed by atoms with Crippen molar-refractivity contribution in [2.45, 2.75) is 6.92 Å². The van der Waals surface area contributed by atoms with E-state index in [-0.39, 0.29) is 0 Å². The van der Waals surface area contributed by atoms with E-state index in [0.717, 1.165) is 11.1 Å². The molecule has 0 spiro atoms. The summed E-state index contributed by atoms with van der Waals surface area (Å²) < 4.78 is 6.47. The van der Waals surface area contributed by atoms with E-state index >= 15 is 0 Å². The topological polar surface area (TPSA) is 90.3 Å². The van der Waals surface area contributed by atoms with Crippen molar-refractivity contribution in [3.63, 3.8) is 0 Å². The lowest BCUT2D eigenvalue weighted by molar-refractivity contribution is -0.119. The van der Waals surface area contributed by atoms with Crippen LogP contribution in [-0.2, 0) is 9.53 Å². The lowest BCUT2D eigenvalue weighted by atomic mass is 10.1. The molecule has 0 saturated carbocycles. The molecule has 1 aromatic heterocycles. The fraction of sp³-hybridized carbons (Fsp3) is 0.0769. The number of esters is 1. The van der Waals surface area contributed by atoms with Crippen LogP contribution in [0.4, 0.5) is 5.69 Å². The molecule has 0 aliphatic heterocycles. The van der Waals surface area contributed by atoms with Crippen molar-refractivity contribution in [3.05, 3.63) is 112 Å². The molecule has 0 bridgehead atoms. The van der Waals surface area contributed by atoms with Crippen LogP contribution in [0.3, 0.4) is 0 Å². The van der Waals surface area contributed by atoms with E-state index in [9.17, 15) is 14.4 Å². The average Bonchev–Trinajstić information content (AvgIpc) is 2.84. The van der Waals surface area contributed by atoms with Crippen LogP contribution in [0.2, 0.25) is 5.02 Å². The van der Waals surface area contributed by atoms with Gasteiger partial charge < -0.3 is 10.1 Å². The Kier molecular flexibility index (Phi) is 6.85. The number of amides is 1. The number of rotatable bonds is 6. The van der Waals surface area contributed by atoms with Gasteiger partial charge >= 0.3 is 5.97 Å². The molecule has 4 rings (SSSR count). The third-order valence-electron chi connectivity index (χ3n) is 4.98. The second-order valence-corrected chi connectivity index (χ2v) is 7.89. The first-order valence-electron chi connectivity index (χ1n) is 10.4. The second kappa shape index (κ2) is 10.1. The van der Waals surface area contributed by atoms with Crippen molar-refractivity contribution < 1.29 is 14.3 Å². The van der Waals surface area contributed by atoms with Crippen LogP contribution in [0, 0.1) is 6.92 Å². The monoisotopic (exact) mass is 473 g/mol. The van der Waals surface area contributed by atoms with Gasteiger partial charge in [-0.1, -0.05) is 54.1 Å². The second-order valence-electron chi connectivity index (χ2n) is 7.45. The largest absolute Gasteiger partial charge is 0.451 e. The van der Waals surface area contributed by atoms with Crippen LogP contribution < -0.4 is 10.7 Å². The summed E-state index contributed by atoms with van der Waals surface area (Å²) in [6.45, 7) is 1.13. The number of carbonyl (C=O) groups is 2. The number of halogens is 1. The Hall–Kier alpha value is -4.23. The number of nitrogens with zero attached hydrogens (tertiary/aromatic N) is 2. The summed E-state index contributed by atoms with van der Waals surface area (Å²) in [4.78, 5) is 37.0. The summed E-state index contributed by atoms with van der Waals surface area (Å²) in [5.41, 5.74) is 2.76. The van der Waals surface area contributed by atoms with Gasteiger partial charge in [-0.15, -0.1) is 0 Å². The van der Waals surface area contributed by atoms with Crippen molar-refractivity contribution in [2.75, 3.05) is 11.9 Å². The molecule has 0 fully saturated rings. The van der Waals surface area contributed by atoms with E-state index in [0.29, 0.717) is 22.1 Å². The molecule has 0 radical (unpaired) electrons. The zero-order valence-electron chi connectivity index (χ0n) is 18.2. The minimum absolute atomic E-state index is 0.416. The molecule has 34 heavy (non-hydrogen) atoms. The molecule has 4 aromatic rings. The Morgan fingerprint density at radius 1 is 0.941 bits per heavy atom. The average molecular weight is 474 g/mol. The number of benzene rings is 3. The SMILES string of the molecule is Cc1cc(=O)c(C(=O)OCC(=O)Nc2ccc(-c3ccccc3)cc2)nn1-c1ccc(Cl)cc1. The standard InChI is InChI=1S/C26H20ClN3O4/c1-17-15-23(31)25(29-30(17)22-13-9-20(27)10-14-22)26(33)34-16-24(32)28-21-11-7-19(8-12-21)18-5-3-2-4-6-18/h2-15H,16H2,1H3,(H,28,32). The van der Waals surface area contributed by atoms with Crippen LogP contribution >= 0.6 is 11.6 Å². The molecular formula is C26H20ClN3O4. The first kappa shape index (κ1) is 22.9. The first-order valence-corrected chi connectivity index (χ1v) is 10.8. The summed E-state index contributed by atoms with van der Waals surface area (Å²) in [7, 11) is 0. The van der Waals surface area contributed by atoms with E-state index in [1.165, 1.54) is 10.7 Å². The smallest absolute Gasteiger partial charge is 0.363 e. The molecule has 3 aromatic carbocycles. The summed E-state index contributed by atoms with van der Waals surface area (Å²) in [5, 5.41) is 7.33. The van der Waals surface area contributed by atoms with Crippen LogP contribution in [0.25, 0.3) is 16.8 Å². The number of hydrogen-bond acceptors (Lipinski definition) is 5. The number of aromatic nitrogens is 2. The van der Waals surface area contributed by atoms with E-state index < -0.39 is 29.6 Å². The molecule has 0 unspecified atom stereocenters. The highest BCUT2D eigenvalue weighted by Gasteiger charge is 2.18. The lowest BCUT2D eigenvalue weighted by Gasteiger charge is -2.11. The number of carbonyl (C=O) groups excluding carboxylic acids is 2. The maximum atomic E-state index is 12.5. The van der Waals surface area contributed by atoms with Crippen LogP contribution in [0.1, 0.15) is 16.2 Å². The molecule has 1 heterocycles. The fourth-order valence-electron chi connectivity index (χ4n) is 3.31. The quantitative estimate of drug-likeness (QED) is 0.411. The molecule has 0 atom stereocenters. The van der Waals surface area contributed by atoms with Crippen LogP contribution in [-0.4, -0.2) is 28.3 Å². The number of anilines is 1. The maximum Gasteiger partial charge on any atom is 0.363 e. The molecule has 1 N–H and O–H groups in total. The zero-order valence-corrected chi connectivity index (χ0v) is 19.0. The Bertz CT molecular complexity index is 1380. The van der Waals surface area contributed by atoms with Gasteiger partial charge in [-0.05, 0) is 54.4 Å². The van der Waals surface area contributed by atoms with Gasteiger partial charge in [0.1, 0.15) is 0 Å². The summed E-state index contributed by atoms with van der Waals surface area (Å²) in [6.07, 6.45) is 0. The van der Waals surface area contributed by atoms with E-state index in [2.05, 4.69) is 10.4 Å². The fourth-order valence-corrected chi connectivity index (χ4v) is 3.43. The molecule has 1 amide bonds. The predicted octanol–water partition coefficient (Wildman–Crippen LogP) is 4.66. The van der Waals surface area contributed by atoms with Crippen molar-refractivity contribution >= 4 is 29.2 Å². The van der Waals surface area contributed by atoms with E-state index in [4.69, 9.17) is 16.3 Å². The van der Waals surface area contributed by atoms with Crippen molar-refractivity contribution in [1.82, 2.24) is 9.78 Å². The molecule has 7 nitrogen and oxygen atoms in total.